The summed E-state index contributed by atoms with van der Waals surface area (Å²) in [7, 11) is 1.65. The van der Waals surface area contributed by atoms with Crippen molar-refractivity contribution < 1.29 is 9.47 Å². The number of methoxy groups -OCH3 is 1. The molecule has 0 aliphatic carbocycles. The molecular weight excluding hydrogens is 252 g/mol. The monoisotopic (exact) mass is 274 g/mol. The minimum absolute atomic E-state index is 0.132. The van der Waals surface area contributed by atoms with E-state index in [0.717, 1.165) is 44.0 Å². The lowest BCUT2D eigenvalue weighted by atomic mass is 9.82. The SMILES string of the molecule is COc1ccc(OCCN2CCC(C)(C#N)CC2)cc1. The standard InChI is InChI=1S/C16H22N2O2/c1-16(13-17)7-9-18(10-8-16)11-12-20-15-5-3-14(19-2)4-6-15/h3-6H,7-12H2,1-2H3. The van der Waals surface area contributed by atoms with Gasteiger partial charge in [0, 0.05) is 6.54 Å². The normalized spacial score (nSPS) is 18.2. The van der Waals surface area contributed by atoms with E-state index in [0.29, 0.717) is 6.61 Å². The fourth-order valence-corrected chi connectivity index (χ4v) is 2.35. The third-order valence-electron chi connectivity index (χ3n) is 3.97. The molecule has 0 aromatic heterocycles. The minimum Gasteiger partial charge on any atom is -0.497 e. The Labute approximate surface area is 120 Å². The summed E-state index contributed by atoms with van der Waals surface area (Å²) in [5.74, 6) is 1.70. The van der Waals surface area contributed by atoms with Crippen LogP contribution in [-0.4, -0.2) is 38.3 Å². The highest BCUT2D eigenvalue weighted by Gasteiger charge is 2.29. The first kappa shape index (κ1) is 14.7. The molecule has 0 atom stereocenters. The molecule has 1 fully saturated rings. The average Bonchev–Trinajstić information content (AvgIpc) is 2.50. The van der Waals surface area contributed by atoms with E-state index in [-0.39, 0.29) is 5.41 Å². The molecule has 0 unspecified atom stereocenters. The zero-order valence-electron chi connectivity index (χ0n) is 12.3. The van der Waals surface area contributed by atoms with Crippen molar-refractivity contribution in [1.82, 2.24) is 4.90 Å². The number of piperidine rings is 1. The summed E-state index contributed by atoms with van der Waals surface area (Å²) in [4.78, 5) is 2.36. The van der Waals surface area contributed by atoms with E-state index in [1.165, 1.54) is 0 Å². The highest BCUT2D eigenvalue weighted by molar-refractivity contribution is 5.31. The Bertz CT molecular complexity index is 456. The Morgan fingerprint density at radius 3 is 2.35 bits per heavy atom. The second-order valence-electron chi connectivity index (χ2n) is 5.54. The second kappa shape index (κ2) is 6.62. The van der Waals surface area contributed by atoms with Crippen LogP contribution in [0.4, 0.5) is 0 Å². The zero-order valence-corrected chi connectivity index (χ0v) is 12.3. The molecular formula is C16H22N2O2. The molecule has 1 aliphatic heterocycles. The van der Waals surface area contributed by atoms with Crippen molar-refractivity contribution >= 4 is 0 Å². The van der Waals surface area contributed by atoms with Crippen LogP contribution in [0.2, 0.25) is 0 Å². The van der Waals surface area contributed by atoms with Gasteiger partial charge in [-0.05, 0) is 57.1 Å². The average molecular weight is 274 g/mol. The first-order valence-corrected chi connectivity index (χ1v) is 7.06. The molecule has 1 aromatic rings. The maximum atomic E-state index is 9.10. The summed E-state index contributed by atoms with van der Waals surface area (Å²) in [5, 5.41) is 9.10. The second-order valence-corrected chi connectivity index (χ2v) is 5.54. The fraction of sp³-hybridized carbons (Fsp3) is 0.562. The van der Waals surface area contributed by atoms with Crippen molar-refractivity contribution in [2.75, 3.05) is 33.4 Å². The van der Waals surface area contributed by atoms with E-state index in [9.17, 15) is 0 Å². The van der Waals surface area contributed by atoms with Gasteiger partial charge in [0.15, 0.2) is 0 Å². The molecule has 1 aliphatic rings. The van der Waals surface area contributed by atoms with Gasteiger partial charge in [-0.1, -0.05) is 0 Å². The summed E-state index contributed by atoms with van der Waals surface area (Å²) in [6, 6.07) is 10.1. The van der Waals surface area contributed by atoms with Crippen LogP contribution in [0.3, 0.4) is 0 Å². The quantitative estimate of drug-likeness (QED) is 0.828. The lowest BCUT2D eigenvalue weighted by molar-refractivity contribution is 0.135. The van der Waals surface area contributed by atoms with Crippen LogP contribution < -0.4 is 9.47 Å². The van der Waals surface area contributed by atoms with Crippen molar-refractivity contribution in [1.29, 1.82) is 5.26 Å². The lowest BCUT2D eigenvalue weighted by Gasteiger charge is -2.34. The number of benzene rings is 1. The third kappa shape index (κ3) is 3.88. The van der Waals surface area contributed by atoms with E-state index < -0.39 is 0 Å². The number of likely N-dealkylation sites (tertiary alicyclic amines) is 1. The van der Waals surface area contributed by atoms with Crippen LogP contribution in [0.5, 0.6) is 11.5 Å². The smallest absolute Gasteiger partial charge is 0.119 e. The fourth-order valence-electron chi connectivity index (χ4n) is 2.35. The molecule has 1 aromatic carbocycles. The van der Waals surface area contributed by atoms with Crippen molar-refractivity contribution in [2.45, 2.75) is 19.8 Å². The summed E-state index contributed by atoms with van der Waals surface area (Å²) in [6.07, 6.45) is 1.90. The van der Waals surface area contributed by atoms with Gasteiger partial charge in [-0.3, -0.25) is 4.90 Å². The molecule has 20 heavy (non-hydrogen) atoms. The number of hydrogen-bond acceptors (Lipinski definition) is 4. The van der Waals surface area contributed by atoms with Crippen LogP contribution in [0, 0.1) is 16.7 Å². The summed E-state index contributed by atoms with van der Waals surface area (Å²) < 4.78 is 10.8. The Hall–Kier alpha value is -1.73. The minimum atomic E-state index is -0.132. The van der Waals surface area contributed by atoms with Gasteiger partial charge in [-0.25, -0.2) is 0 Å². The topological polar surface area (TPSA) is 45.5 Å². The van der Waals surface area contributed by atoms with Crippen molar-refractivity contribution in [2.24, 2.45) is 5.41 Å². The third-order valence-corrected chi connectivity index (χ3v) is 3.97. The maximum Gasteiger partial charge on any atom is 0.119 e. The van der Waals surface area contributed by atoms with Gasteiger partial charge in [-0.15, -0.1) is 0 Å². The van der Waals surface area contributed by atoms with Crippen LogP contribution in [0.25, 0.3) is 0 Å². The van der Waals surface area contributed by atoms with Gasteiger partial charge in [0.1, 0.15) is 18.1 Å². The van der Waals surface area contributed by atoms with Gasteiger partial charge in [-0.2, -0.15) is 5.26 Å². The lowest BCUT2D eigenvalue weighted by Crippen LogP contribution is -2.39. The molecule has 0 spiro atoms. The maximum absolute atomic E-state index is 9.10. The molecule has 0 N–H and O–H groups in total. The van der Waals surface area contributed by atoms with Crippen LogP contribution >= 0.6 is 0 Å². The number of nitriles is 1. The van der Waals surface area contributed by atoms with E-state index >= 15 is 0 Å². The largest absolute Gasteiger partial charge is 0.497 e. The van der Waals surface area contributed by atoms with Gasteiger partial charge < -0.3 is 9.47 Å². The van der Waals surface area contributed by atoms with Crippen molar-refractivity contribution in [3.63, 3.8) is 0 Å². The summed E-state index contributed by atoms with van der Waals surface area (Å²) >= 11 is 0. The zero-order chi connectivity index (χ0) is 14.4. The predicted octanol–water partition coefficient (Wildman–Crippen LogP) is 2.70. The number of ether oxygens (including phenoxy) is 2. The molecule has 0 bridgehead atoms. The molecule has 0 radical (unpaired) electrons. The van der Waals surface area contributed by atoms with Crippen molar-refractivity contribution in [3.05, 3.63) is 24.3 Å². The molecule has 108 valence electrons. The highest BCUT2D eigenvalue weighted by atomic mass is 16.5. The molecule has 1 saturated heterocycles. The molecule has 4 nitrogen and oxygen atoms in total. The van der Waals surface area contributed by atoms with Gasteiger partial charge >= 0.3 is 0 Å². The molecule has 1 heterocycles. The van der Waals surface area contributed by atoms with E-state index in [1.54, 1.807) is 7.11 Å². The van der Waals surface area contributed by atoms with Crippen LogP contribution in [-0.2, 0) is 0 Å². The van der Waals surface area contributed by atoms with Gasteiger partial charge in [0.2, 0.25) is 0 Å². The Morgan fingerprint density at radius 1 is 1.20 bits per heavy atom. The highest BCUT2D eigenvalue weighted by Crippen LogP contribution is 2.29. The van der Waals surface area contributed by atoms with Gasteiger partial charge in [0.05, 0.1) is 18.6 Å². The predicted molar refractivity (Wildman–Crippen MR) is 77.9 cm³/mol. The molecule has 0 saturated carbocycles. The van der Waals surface area contributed by atoms with E-state index in [2.05, 4.69) is 17.9 Å². The Balaban J connectivity index is 1.70. The van der Waals surface area contributed by atoms with Crippen molar-refractivity contribution in [3.8, 4) is 17.6 Å². The molecule has 2 rings (SSSR count). The summed E-state index contributed by atoms with van der Waals surface area (Å²) in [6.45, 7) is 5.60. The first-order valence-electron chi connectivity index (χ1n) is 7.06. The Kier molecular flexibility index (Phi) is 4.86. The Morgan fingerprint density at radius 2 is 1.80 bits per heavy atom. The molecule has 0 amide bonds. The van der Waals surface area contributed by atoms with E-state index in [1.807, 2.05) is 24.3 Å². The van der Waals surface area contributed by atoms with Crippen LogP contribution in [0.15, 0.2) is 24.3 Å². The number of hydrogen-bond donors (Lipinski definition) is 0. The first-order chi connectivity index (χ1) is 9.65. The molecule has 4 heteroatoms. The number of nitrogens with zero attached hydrogens (tertiary/aromatic N) is 2. The van der Waals surface area contributed by atoms with Crippen LogP contribution in [0.1, 0.15) is 19.8 Å². The number of rotatable bonds is 5. The summed E-state index contributed by atoms with van der Waals surface area (Å²) in [5.41, 5.74) is -0.132. The van der Waals surface area contributed by atoms with Gasteiger partial charge in [0.25, 0.3) is 0 Å². The van der Waals surface area contributed by atoms with E-state index in [4.69, 9.17) is 14.7 Å².